The van der Waals surface area contributed by atoms with Crippen LogP contribution in [0.5, 0.6) is 0 Å². The summed E-state index contributed by atoms with van der Waals surface area (Å²) in [5.41, 5.74) is 2.00. The van der Waals surface area contributed by atoms with Crippen LogP contribution in [0, 0.1) is 5.41 Å². The van der Waals surface area contributed by atoms with E-state index in [1.54, 1.807) is 0 Å². The maximum atomic E-state index is 12.3. The molecule has 1 saturated heterocycles. The van der Waals surface area contributed by atoms with E-state index in [1.165, 1.54) is 19.3 Å². The number of carbonyl (C=O) groups excluding carboxylic acids is 2. The molecule has 0 bridgehead atoms. The van der Waals surface area contributed by atoms with Crippen molar-refractivity contribution in [1.82, 2.24) is 10.2 Å². The predicted molar refractivity (Wildman–Crippen MR) is 85.4 cm³/mol. The van der Waals surface area contributed by atoms with Crippen LogP contribution in [0.1, 0.15) is 54.9 Å². The third-order valence-electron chi connectivity index (χ3n) is 4.97. The van der Waals surface area contributed by atoms with Gasteiger partial charge in [-0.05, 0) is 42.4 Å². The van der Waals surface area contributed by atoms with Gasteiger partial charge >= 0.3 is 0 Å². The van der Waals surface area contributed by atoms with Crippen LogP contribution < -0.4 is 5.32 Å². The van der Waals surface area contributed by atoms with E-state index in [0.717, 1.165) is 25.1 Å². The molecule has 0 unspecified atom stereocenters. The number of amides is 2. The number of carbonyl (C=O) groups is 2. The molecule has 1 aliphatic heterocycles. The van der Waals surface area contributed by atoms with Crippen molar-refractivity contribution in [1.29, 1.82) is 0 Å². The number of rotatable bonds is 5. The van der Waals surface area contributed by atoms with Gasteiger partial charge in [0.2, 0.25) is 5.91 Å². The van der Waals surface area contributed by atoms with Crippen LogP contribution in [-0.2, 0) is 11.3 Å². The summed E-state index contributed by atoms with van der Waals surface area (Å²) in [7, 11) is 0. The zero-order chi connectivity index (χ0) is 15.6. The maximum absolute atomic E-state index is 12.3. The SMILES string of the molecule is CC1(CNC(=O)c2cccc(CN3CCCC3=O)c2)CCC1. The Morgan fingerprint density at radius 1 is 1.32 bits per heavy atom. The van der Waals surface area contributed by atoms with E-state index in [0.29, 0.717) is 18.5 Å². The topological polar surface area (TPSA) is 49.4 Å². The Morgan fingerprint density at radius 2 is 2.14 bits per heavy atom. The summed E-state index contributed by atoms with van der Waals surface area (Å²) in [6.07, 6.45) is 5.26. The molecule has 0 spiro atoms. The lowest BCUT2D eigenvalue weighted by Crippen LogP contribution is -2.39. The van der Waals surface area contributed by atoms with Gasteiger partial charge in [-0.15, -0.1) is 0 Å². The Labute approximate surface area is 131 Å². The summed E-state index contributed by atoms with van der Waals surface area (Å²) >= 11 is 0. The van der Waals surface area contributed by atoms with E-state index in [1.807, 2.05) is 29.2 Å². The minimum atomic E-state index is -0.0114. The molecule has 1 aromatic carbocycles. The lowest BCUT2D eigenvalue weighted by molar-refractivity contribution is -0.128. The number of nitrogens with one attached hydrogen (secondary N) is 1. The van der Waals surface area contributed by atoms with Crippen molar-refractivity contribution < 1.29 is 9.59 Å². The third-order valence-corrected chi connectivity index (χ3v) is 4.97. The molecular weight excluding hydrogens is 276 g/mol. The van der Waals surface area contributed by atoms with Gasteiger partial charge in [-0.3, -0.25) is 9.59 Å². The summed E-state index contributed by atoms with van der Waals surface area (Å²) in [6, 6.07) is 7.63. The number of hydrogen-bond acceptors (Lipinski definition) is 2. The van der Waals surface area contributed by atoms with Gasteiger partial charge in [0.1, 0.15) is 0 Å². The fourth-order valence-electron chi connectivity index (χ4n) is 3.26. The van der Waals surface area contributed by atoms with E-state index in [9.17, 15) is 9.59 Å². The normalized spacial score (nSPS) is 19.9. The number of likely N-dealkylation sites (tertiary alicyclic amines) is 1. The molecular formula is C18H24N2O2. The molecule has 0 atom stereocenters. The molecule has 1 aromatic rings. The second-order valence-corrected chi connectivity index (χ2v) is 6.97. The number of benzene rings is 1. The second-order valence-electron chi connectivity index (χ2n) is 6.97. The van der Waals surface area contributed by atoms with Crippen LogP contribution in [0.15, 0.2) is 24.3 Å². The van der Waals surface area contributed by atoms with Crippen molar-refractivity contribution in [2.75, 3.05) is 13.1 Å². The van der Waals surface area contributed by atoms with Crippen molar-refractivity contribution in [3.63, 3.8) is 0 Å². The Kier molecular flexibility index (Phi) is 4.19. The van der Waals surface area contributed by atoms with Crippen LogP contribution in [0.2, 0.25) is 0 Å². The fourth-order valence-corrected chi connectivity index (χ4v) is 3.26. The molecule has 2 aliphatic rings. The van der Waals surface area contributed by atoms with Crippen LogP contribution in [0.3, 0.4) is 0 Å². The molecule has 0 radical (unpaired) electrons. The summed E-state index contributed by atoms with van der Waals surface area (Å²) in [4.78, 5) is 25.9. The third kappa shape index (κ3) is 3.32. The highest BCUT2D eigenvalue weighted by Crippen LogP contribution is 2.39. The zero-order valence-electron chi connectivity index (χ0n) is 13.2. The molecule has 2 amide bonds. The minimum absolute atomic E-state index is 0.0114. The molecule has 2 fully saturated rings. The van der Waals surface area contributed by atoms with E-state index in [-0.39, 0.29) is 17.2 Å². The van der Waals surface area contributed by atoms with Crippen molar-refractivity contribution >= 4 is 11.8 Å². The number of hydrogen-bond donors (Lipinski definition) is 1. The Hall–Kier alpha value is -1.84. The molecule has 1 heterocycles. The van der Waals surface area contributed by atoms with Gasteiger partial charge in [0.05, 0.1) is 0 Å². The first kappa shape index (κ1) is 15.1. The van der Waals surface area contributed by atoms with Gasteiger partial charge < -0.3 is 10.2 Å². The highest BCUT2D eigenvalue weighted by Gasteiger charge is 2.31. The van der Waals surface area contributed by atoms with Crippen LogP contribution in [0.4, 0.5) is 0 Å². The fraction of sp³-hybridized carbons (Fsp3) is 0.556. The summed E-state index contributed by atoms with van der Waals surface area (Å²) in [5, 5.41) is 3.05. The molecule has 118 valence electrons. The molecule has 4 heteroatoms. The largest absolute Gasteiger partial charge is 0.351 e. The van der Waals surface area contributed by atoms with Gasteiger partial charge in [0.15, 0.2) is 0 Å². The molecule has 1 saturated carbocycles. The van der Waals surface area contributed by atoms with Crippen molar-refractivity contribution in [2.45, 2.75) is 45.6 Å². The van der Waals surface area contributed by atoms with Crippen LogP contribution in [-0.4, -0.2) is 29.8 Å². The first-order valence-electron chi connectivity index (χ1n) is 8.21. The summed E-state index contributed by atoms with van der Waals surface area (Å²) < 4.78 is 0. The second kappa shape index (κ2) is 6.11. The Morgan fingerprint density at radius 3 is 2.77 bits per heavy atom. The lowest BCUT2D eigenvalue weighted by atomic mass is 9.70. The lowest BCUT2D eigenvalue weighted by Gasteiger charge is -2.38. The van der Waals surface area contributed by atoms with E-state index < -0.39 is 0 Å². The van der Waals surface area contributed by atoms with Crippen molar-refractivity contribution in [3.05, 3.63) is 35.4 Å². The smallest absolute Gasteiger partial charge is 0.251 e. The molecule has 1 N–H and O–H groups in total. The van der Waals surface area contributed by atoms with Crippen molar-refractivity contribution in [2.24, 2.45) is 5.41 Å². The quantitative estimate of drug-likeness (QED) is 0.909. The number of nitrogens with zero attached hydrogens (tertiary/aromatic N) is 1. The summed E-state index contributed by atoms with van der Waals surface area (Å²) in [5.74, 6) is 0.204. The molecule has 1 aliphatic carbocycles. The first-order chi connectivity index (χ1) is 10.6. The van der Waals surface area contributed by atoms with E-state index in [2.05, 4.69) is 12.2 Å². The van der Waals surface area contributed by atoms with Gasteiger partial charge in [-0.2, -0.15) is 0 Å². The van der Waals surface area contributed by atoms with Gasteiger partial charge in [-0.1, -0.05) is 25.5 Å². The standard InChI is InChI=1S/C18H24N2O2/c1-18(8-4-9-18)13-19-17(22)15-6-2-5-14(11-15)12-20-10-3-7-16(20)21/h2,5-6,11H,3-4,7-10,12-13H2,1H3,(H,19,22). The van der Waals surface area contributed by atoms with Gasteiger partial charge in [0.25, 0.3) is 5.91 Å². The zero-order valence-corrected chi connectivity index (χ0v) is 13.2. The Bertz CT molecular complexity index is 578. The first-order valence-corrected chi connectivity index (χ1v) is 8.21. The maximum Gasteiger partial charge on any atom is 0.251 e. The Balaban J connectivity index is 1.60. The van der Waals surface area contributed by atoms with Crippen LogP contribution >= 0.6 is 0 Å². The van der Waals surface area contributed by atoms with Gasteiger partial charge in [0, 0.05) is 31.6 Å². The molecule has 0 aromatic heterocycles. The van der Waals surface area contributed by atoms with E-state index >= 15 is 0 Å². The molecule has 4 nitrogen and oxygen atoms in total. The van der Waals surface area contributed by atoms with Crippen molar-refractivity contribution in [3.8, 4) is 0 Å². The van der Waals surface area contributed by atoms with E-state index in [4.69, 9.17) is 0 Å². The van der Waals surface area contributed by atoms with Gasteiger partial charge in [-0.25, -0.2) is 0 Å². The highest BCUT2D eigenvalue weighted by molar-refractivity contribution is 5.94. The molecule has 3 rings (SSSR count). The summed E-state index contributed by atoms with van der Waals surface area (Å²) in [6.45, 7) is 4.41. The average Bonchev–Trinajstić information content (AvgIpc) is 2.88. The monoisotopic (exact) mass is 300 g/mol. The molecule has 22 heavy (non-hydrogen) atoms. The predicted octanol–water partition coefficient (Wildman–Crippen LogP) is 2.73. The minimum Gasteiger partial charge on any atom is -0.351 e. The highest BCUT2D eigenvalue weighted by atomic mass is 16.2. The van der Waals surface area contributed by atoms with Crippen LogP contribution in [0.25, 0.3) is 0 Å². The average molecular weight is 300 g/mol.